The topological polar surface area (TPSA) is 46.3 Å². The molecule has 0 amide bonds. The molecule has 106 valence electrons. The molecule has 0 saturated carbocycles. The molecule has 19 heavy (non-hydrogen) atoms. The lowest BCUT2D eigenvalue weighted by Gasteiger charge is -2.20. The minimum absolute atomic E-state index is 0.0120. The predicted octanol–water partition coefficient (Wildman–Crippen LogP) is 3.80. The van der Waals surface area contributed by atoms with Gasteiger partial charge in [-0.3, -0.25) is 4.79 Å². The summed E-state index contributed by atoms with van der Waals surface area (Å²) >= 11 is 1.56. The van der Waals surface area contributed by atoms with Gasteiger partial charge in [0.2, 0.25) is 0 Å². The Kier molecular flexibility index (Phi) is 4.50. The van der Waals surface area contributed by atoms with E-state index in [4.69, 9.17) is 5.73 Å². The maximum Gasteiger partial charge on any atom is 0.177 e. The lowest BCUT2D eigenvalue weighted by atomic mass is 10.0. The van der Waals surface area contributed by atoms with E-state index in [2.05, 4.69) is 11.8 Å². The van der Waals surface area contributed by atoms with Crippen molar-refractivity contribution < 1.29 is 4.79 Å². The van der Waals surface area contributed by atoms with Gasteiger partial charge in [0, 0.05) is 19.0 Å². The highest BCUT2D eigenvalue weighted by Gasteiger charge is 2.21. The van der Waals surface area contributed by atoms with E-state index >= 15 is 0 Å². The lowest BCUT2D eigenvalue weighted by molar-refractivity contribution is 0.0944. The molecule has 1 aliphatic heterocycles. The normalized spacial score (nSPS) is 20.6. The van der Waals surface area contributed by atoms with Crippen LogP contribution in [0.5, 0.6) is 0 Å². The van der Waals surface area contributed by atoms with Crippen molar-refractivity contribution in [2.24, 2.45) is 11.8 Å². The molecule has 2 heterocycles. The van der Waals surface area contributed by atoms with E-state index in [0.717, 1.165) is 28.9 Å². The lowest BCUT2D eigenvalue weighted by Crippen LogP contribution is -2.23. The van der Waals surface area contributed by atoms with E-state index in [1.54, 1.807) is 11.3 Å². The Morgan fingerprint density at radius 3 is 2.84 bits per heavy atom. The number of Topliss-reactive ketones (excluding diaryl/α,β-unsaturated/α-hetero) is 1. The summed E-state index contributed by atoms with van der Waals surface area (Å²) in [7, 11) is 0. The SMILES string of the molecule is CC1CCCN(c2cc(N)c(C(=O)C(C)C)s2)CC1. The molecule has 0 radical (unpaired) electrons. The van der Waals surface area contributed by atoms with E-state index in [-0.39, 0.29) is 11.7 Å². The van der Waals surface area contributed by atoms with E-state index < -0.39 is 0 Å². The third kappa shape index (κ3) is 3.30. The first-order valence-corrected chi connectivity index (χ1v) is 7.99. The Hall–Kier alpha value is -1.03. The quantitative estimate of drug-likeness (QED) is 0.857. The van der Waals surface area contributed by atoms with Crippen LogP contribution in [0.2, 0.25) is 0 Å². The first-order valence-electron chi connectivity index (χ1n) is 7.17. The summed E-state index contributed by atoms with van der Waals surface area (Å²) in [5.41, 5.74) is 6.67. The molecule has 1 saturated heterocycles. The Bertz CT molecular complexity index is 453. The van der Waals surface area contributed by atoms with E-state index in [9.17, 15) is 4.79 Å². The summed E-state index contributed by atoms with van der Waals surface area (Å²) in [5.74, 6) is 0.981. The zero-order chi connectivity index (χ0) is 14.0. The van der Waals surface area contributed by atoms with Gasteiger partial charge in [-0.05, 0) is 31.2 Å². The number of nitrogens with two attached hydrogens (primary N) is 1. The van der Waals surface area contributed by atoms with Gasteiger partial charge in [0.05, 0.1) is 15.6 Å². The van der Waals surface area contributed by atoms with Gasteiger partial charge in [-0.15, -0.1) is 11.3 Å². The molecule has 1 aromatic heterocycles. The Balaban J connectivity index is 2.17. The van der Waals surface area contributed by atoms with Gasteiger partial charge >= 0.3 is 0 Å². The number of nitrogen functional groups attached to an aromatic ring is 1. The van der Waals surface area contributed by atoms with Gasteiger partial charge in [-0.2, -0.15) is 0 Å². The van der Waals surface area contributed by atoms with Crippen molar-refractivity contribution in [3.63, 3.8) is 0 Å². The fourth-order valence-corrected chi connectivity index (χ4v) is 3.71. The number of ketones is 1. The molecule has 1 fully saturated rings. The molecule has 1 unspecified atom stereocenters. The number of rotatable bonds is 3. The molecular weight excluding hydrogens is 256 g/mol. The molecule has 1 atom stereocenters. The minimum Gasteiger partial charge on any atom is -0.397 e. The monoisotopic (exact) mass is 280 g/mol. The van der Waals surface area contributed by atoms with Crippen LogP contribution in [-0.4, -0.2) is 18.9 Å². The standard InChI is InChI=1S/C15H24N2OS/c1-10(2)14(18)15-12(16)9-13(19-15)17-7-4-5-11(3)6-8-17/h9-11H,4-8,16H2,1-3H3. The highest BCUT2D eigenvalue weighted by molar-refractivity contribution is 7.18. The summed E-state index contributed by atoms with van der Waals surface area (Å²) in [4.78, 5) is 15.2. The first-order chi connectivity index (χ1) is 8.99. The number of carbonyl (C=O) groups is 1. The van der Waals surface area contributed by atoms with Gasteiger partial charge in [-0.25, -0.2) is 0 Å². The maximum atomic E-state index is 12.1. The highest BCUT2D eigenvalue weighted by atomic mass is 32.1. The van der Waals surface area contributed by atoms with Crippen LogP contribution < -0.4 is 10.6 Å². The second kappa shape index (κ2) is 5.95. The number of carbonyl (C=O) groups excluding carboxylic acids is 1. The van der Waals surface area contributed by atoms with Gasteiger partial charge in [0.15, 0.2) is 5.78 Å². The minimum atomic E-state index is 0.0120. The van der Waals surface area contributed by atoms with Gasteiger partial charge in [0.1, 0.15) is 0 Å². The van der Waals surface area contributed by atoms with E-state index in [0.29, 0.717) is 5.69 Å². The van der Waals surface area contributed by atoms with E-state index in [1.807, 2.05) is 19.9 Å². The Labute approximate surface area is 119 Å². The molecule has 2 N–H and O–H groups in total. The molecule has 0 aromatic carbocycles. The average molecular weight is 280 g/mol. The number of anilines is 2. The van der Waals surface area contributed by atoms with Crippen molar-refractivity contribution in [1.29, 1.82) is 0 Å². The molecule has 1 aliphatic rings. The number of nitrogens with zero attached hydrogens (tertiary/aromatic N) is 1. The fourth-order valence-electron chi connectivity index (χ4n) is 2.49. The molecule has 3 nitrogen and oxygen atoms in total. The molecule has 0 bridgehead atoms. The van der Waals surface area contributed by atoms with Crippen molar-refractivity contribution >= 4 is 27.8 Å². The van der Waals surface area contributed by atoms with Crippen LogP contribution in [0.15, 0.2) is 6.07 Å². The van der Waals surface area contributed by atoms with Gasteiger partial charge in [-0.1, -0.05) is 20.8 Å². The molecule has 4 heteroatoms. The van der Waals surface area contributed by atoms with E-state index in [1.165, 1.54) is 19.3 Å². The third-order valence-electron chi connectivity index (χ3n) is 3.82. The van der Waals surface area contributed by atoms with Crippen molar-refractivity contribution in [1.82, 2.24) is 0 Å². The zero-order valence-electron chi connectivity index (χ0n) is 12.1. The predicted molar refractivity (Wildman–Crippen MR) is 83.1 cm³/mol. The number of thiophene rings is 1. The molecule has 2 rings (SSSR count). The average Bonchev–Trinajstić information content (AvgIpc) is 2.60. The first kappa shape index (κ1) is 14.4. The summed E-state index contributed by atoms with van der Waals surface area (Å²) in [6.07, 6.45) is 3.76. The fraction of sp³-hybridized carbons (Fsp3) is 0.667. The van der Waals surface area contributed by atoms with Crippen LogP contribution in [-0.2, 0) is 0 Å². The van der Waals surface area contributed by atoms with Crippen LogP contribution in [0, 0.1) is 11.8 Å². The van der Waals surface area contributed by atoms with Crippen LogP contribution in [0.3, 0.4) is 0 Å². The van der Waals surface area contributed by atoms with Crippen LogP contribution in [0.1, 0.15) is 49.7 Å². The summed E-state index contributed by atoms with van der Waals surface area (Å²) < 4.78 is 0. The summed E-state index contributed by atoms with van der Waals surface area (Å²) in [6.45, 7) is 8.33. The number of hydrogen-bond donors (Lipinski definition) is 1. The summed E-state index contributed by atoms with van der Waals surface area (Å²) in [5, 5.41) is 1.16. The second-order valence-corrected chi connectivity index (χ2v) is 6.94. The Morgan fingerprint density at radius 2 is 2.16 bits per heavy atom. The largest absolute Gasteiger partial charge is 0.397 e. The molecular formula is C15H24N2OS. The van der Waals surface area contributed by atoms with Gasteiger partial charge < -0.3 is 10.6 Å². The highest BCUT2D eigenvalue weighted by Crippen LogP contribution is 2.35. The smallest absolute Gasteiger partial charge is 0.177 e. The third-order valence-corrected chi connectivity index (χ3v) is 5.05. The number of hydrogen-bond acceptors (Lipinski definition) is 4. The summed E-state index contributed by atoms with van der Waals surface area (Å²) in [6, 6.07) is 1.98. The maximum absolute atomic E-state index is 12.1. The zero-order valence-corrected chi connectivity index (χ0v) is 12.9. The van der Waals surface area contributed by atoms with Crippen molar-refractivity contribution in [2.45, 2.75) is 40.0 Å². The van der Waals surface area contributed by atoms with Crippen LogP contribution in [0.25, 0.3) is 0 Å². The Morgan fingerprint density at radius 1 is 1.42 bits per heavy atom. The van der Waals surface area contributed by atoms with Crippen LogP contribution >= 0.6 is 11.3 Å². The second-order valence-electron chi connectivity index (χ2n) is 5.91. The van der Waals surface area contributed by atoms with Crippen LogP contribution in [0.4, 0.5) is 10.7 Å². The van der Waals surface area contributed by atoms with Gasteiger partial charge in [0.25, 0.3) is 0 Å². The van der Waals surface area contributed by atoms with Crippen molar-refractivity contribution in [2.75, 3.05) is 23.7 Å². The van der Waals surface area contributed by atoms with Crippen molar-refractivity contribution in [3.05, 3.63) is 10.9 Å². The molecule has 0 aliphatic carbocycles. The molecule has 1 aromatic rings. The molecule has 0 spiro atoms. The van der Waals surface area contributed by atoms with Crippen molar-refractivity contribution in [3.8, 4) is 0 Å².